The second-order valence-corrected chi connectivity index (χ2v) is 6.86. The molecule has 0 aliphatic carbocycles. The van der Waals surface area contributed by atoms with E-state index in [2.05, 4.69) is 27.2 Å². The molecule has 0 aromatic heterocycles. The van der Waals surface area contributed by atoms with Crippen molar-refractivity contribution in [2.24, 2.45) is 0 Å². The predicted octanol–water partition coefficient (Wildman–Crippen LogP) is 2.97. The van der Waals surface area contributed by atoms with E-state index in [1.165, 1.54) is 11.8 Å². The van der Waals surface area contributed by atoms with Gasteiger partial charge in [-0.1, -0.05) is 18.2 Å². The molecule has 0 saturated carbocycles. The van der Waals surface area contributed by atoms with E-state index in [1.54, 1.807) is 6.07 Å². The smallest absolute Gasteiger partial charge is 0.293 e. The Morgan fingerprint density at radius 1 is 1.07 bits per heavy atom. The van der Waals surface area contributed by atoms with Crippen LogP contribution in [-0.2, 0) is 4.79 Å². The summed E-state index contributed by atoms with van der Waals surface area (Å²) in [5.41, 5.74) is 3.12. The number of piperazine rings is 1. The lowest BCUT2D eigenvalue weighted by Crippen LogP contribution is -2.48. The molecule has 27 heavy (non-hydrogen) atoms. The Labute approximate surface area is 158 Å². The van der Waals surface area contributed by atoms with Crippen LogP contribution in [0.25, 0.3) is 0 Å². The fourth-order valence-corrected chi connectivity index (χ4v) is 3.25. The third-order valence-corrected chi connectivity index (χ3v) is 4.94. The summed E-state index contributed by atoms with van der Waals surface area (Å²) in [5.74, 6) is -0.227. The van der Waals surface area contributed by atoms with Gasteiger partial charge in [0.2, 0.25) is 5.91 Å². The van der Waals surface area contributed by atoms with Crippen LogP contribution >= 0.6 is 0 Å². The molecule has 7 nitrogen and oxygen atoms in total. The molecule has 1 aliphatic heterocycles. The van der Waals surface area contributed by atoms with E-state index in [4.69, 9.17) is 0 Å². The summed E-state index contributed by atoms with van der Waals surface area (Å²) in [6, 6.07) is 13.4. The number of carbonyl (C=O) groups excluding carboxylic acids is 1. The number of hydrogen-bond donors (Lipinski definition) is 1. The molecule has 1 heterocycles. The SMILES string of the molecule is Cc1cc(NC(=O)CN2CCN(c3ccccc3)CC2)c([N+](=O)[O-])cc1C. The highest BCUT2D eigenvalue weighted by atomic mass is 16.6. The molecule has 0 atom stereocenters. The summed E-state index contributed by atoms with van der Waals surface area (Å²) in [7, 11) is 0. The van der Waals surface area contributed by atoms with Crippen molar-refractivity contribution in [2.45, 2.75) is 13.8 Å². The topological polar surface area (TPSA) is 78.7 Å². The van der Waals surface area contributed by atoms with Crippen LogP contribution in [0.15, 0.2) is 42.5 Å². The Kier molecular flexibility index (Phi) is 5.71. The maximum atomic E-state index is 12.4. The molecule has 2 aromatic rings. The third kappa shape index (κ3) is 4.62. The molecule has 3 rings (SSSR count). The Hall–Kier alpha value is -2.93. The average Bonchev–Trinajstić information content (AvgIpc) is 2.65. The average molecular weight is 368 g/mol. The maximum absolute atomic E-state index is 12.4. The number of hydrogen-bond acceptors (Lipinski definition) is 5. The molecular formula is C20H24N4O3. The zero-order valence-corrected chi connectivity index (χ0v) is 15.6. The molecule has 1 aliphatic rings. The van der Waals surface area contributed by atoms with Gasteiger partial charge in [0, 0.05) is 37.9 Å². The van der Waals surface area contributed by atoms with Crippen LogP contribution in [0, 0.1) is 24.0 Å². The van der Waals surface area contributed by atoms with Gasteiger partial charge in [-0.2, -0.15) is 0 Å². The van der Waals surface area contributed by atoms with E-state index in [-0.39, 0.29) is 23.8 Å². The van der Waals surface area contributed by atoms with E-state index in [9.17, 15) is 14.9 Å². The van der Waals surface area contributed by atoms with Gasteiger partial charge in [0.1, 0.15) is 5.69 Å². The number of carbonyl (C=O) groups is 1. The van der Waals surface area contributed by atoms with Crippen LogP contribution in [0.4, 0.5) is 17.1 Å². The number of benzene rings is 2. The normalized spacial score (nSPS) is 14.8. The lowest BCUT2D eigenvalue weighted by molar-refractivity contribution is -0.384. The zero-order chi connectivity index (χ0) is 19.4. The van der Waals surface area contributed by atoms with Crippen molar-refractivity contribution in [3.63, 3.8) is 0 Å². The van der Waals surface area contributed by atoms with Crippen LogP contribution in [0.2, 0.25) is 0 Å². The van der Waals surface area contributed by atoms with Gasteiger partial charge >= 0.3 is 0 Å². The summed E-state index contributed by atoms with van der Waals surface area (Å²) >= 11 is 0. The highest BCUT2D eigenvalue weighted by molar-refractivity contribution is 5.94. The molecule has 0 spiro atoms. The minimum atomic E-state index is -0.458. The Morgan fingerprint density at radius 2 is 1.70 bits per heavy atom. The van der Waals surface area contributed by atoms with Crippen LogP contribution < -0.4 is 10.2 Å². The second-order valence-electron chi connectivity index (χ2n) is 6.86. The summed E-state index contributed by atoms with van der Waals surface area (Å²) in [4.78, 5) is 27.6. The molecule has 2 aromatic carbocycles. The van der Waals surface area contributed by atoms with Gasteiger partial charge in [-0.05, 0) is 43.2 Å². The van der Waals surface area contributed by atoms with Crippen molar-refractivity contribution in [1.29, 1.82) is 0 Å². The summed E-state index contributed by atoms with van der Waals surface area (Å²) < 4.78 is 0. The summed E-state index contributed by atoms with van der Waals surface area (Å²) in [6.07, 6.45) is 0. The molecule has 1 amide bonds. The highest BCUT2D eigenvalue weighted by Gasteiger charge is 2.21. The minimum Gasteiger partial charge on any atom is -0.369 e. The van der Waals surface area contributed by atoms with Crippen LogP contribution in [0.1, 0.15) is 11.1 Å². The van der Waals surface area contributed by atoms with Crippen LogP contribution in [0.5, 0.6) is 0 Å². The first kappa shape index (κ1) is 18.8. The standard InChI is InChI=1S/C20H24N4O3/c1-15-12-18(19(24(26)27)13-16(15)2)21-20(25)14-22-8-10-23(11-9-22)17-6-4-3-5-7-17/h3-7,12-13H,8-11,14H2,1-2H3,(H,21,25). The van der Waals surface area contributed by atoms with Crippen LogP contribution in [0.3, 0.4) is 0 Å². The Bertz CT molecular complexity index is 831. The van der Waals surface area contributed by atoms with Crippen molar-refractivity contribution in [3.8, 4) is 0 Å². The first-order valence-electron chi connectivity index (χ1n) is 9.02. The Morgan fingerprint density at radius 3 is 2.33 bits per heavy atom. The van der Waals surface area contributed by atoms with E-state index in [0.29, 0.717) is 0 Å². The number of nitrogens with one attached hydrogen (secondary N) is 1. The van der Waals surface area contributed by atoms with Crippen molar-refractivity contribution < 1.29 is 9.72 Å². The number of rotatable bonds is 5. The largest absolute Gasteiger partial charge is 0.369 e. The Balaban J connectivity index is 1.58. The van der Waals surface area contributed by atoms with Gasteiger partial charge in [-0.25, -0.2) is 0 Å². The molecular weight excluding hydrogens is 344 g/mol. The van der Waals surface area contributed by atoms with Crippen molar-refractivity contribution in [1.82, 2.24) is 4.90 Å². The number of aryl methyl sites for hydroxylation is 2. The van der Waals surface area contributed by atoms with Crippen molar-refractivity contribution >= 4 is 23.0 Å². The number of nitrogens with zero attached hydrogens (tertiary/aromatic N) is 3. The summed E-state index contributed by atoms with van der Waals surface area (Å²) in [6.45, 7) is 7.17. The molecule has 0 unspecified atom stereocenters. The maximum Gasteiger partial charge on any atom is 0.293 e. The van der Waals surface area contributed by atoms with E-state index >= 15 is 0 Å². The van der Waals surface area contributed by atoms with Gasteiger partial charge in [-0.3, -0.25) is 19.8 Å². The lowest BCUT2D eigenvalue weighted by atomic mass is 10.1. The van der Waals surface area contributed by atoms with E-state index in [1.807, 2.05) is 32.0 Å². The van der Waals surface area contributed by atoms with Crippen molar-refractivity contribution in [2.75, 3.05) is 42.9 Å². The van der Waals surface area contributed by atoms with Crippen molar-refractivity contribution in [3.05, 3.63) is 63.7 Å². The fourth-order valence-electron chi connectivity index (χ4n) is 3.25. The zero-order valence-electron chi connectivity index (χ0n) is 15.6. The first-order valence-corrected chi connectivity index (χ1v) is 9.02. The van der Waals surface area contributed by atoms with Gasteiger partial charge in [0.25, 0.3) is 5.69 Å². The van der Waals surface area contributed by atoms with Gasteiger partial charge in [0.15, 0.2) is 0 Å². The molecule has 0 radical (unpaired) electrons. The lowest BCUT2D eigenvalue weighted by Gasteiger charge is -2.35. The minimum absolute atomic E-state index is 0.0691. The van der Waals surface area contributed by atoms with Gasteiger partial charge in [0.05, 0.1) is 11.5 Å². The monoisotopic (exact) mass is 368 g/mol. The van der Waals surface area contributed by atoms with Crippen LogP contribution in [-0.4, -0.2) is 48.5 Å². The first-order chi connectivity index (χ1) is 12.9. The molecule has 7 heteroatoms. The molecule has 1 N–H and O–H groups in total. The highest BCUT2D eigenvalue weighted by Crippen LogP contribution is 2.28. The van der Waals surface area contributed by atoms with E-state index < -0.39 is 4.92 Å². The molecule has 1 saturated heterocycles. The number of anilines is 2. The van der Waals surface area contributed by atoms with E-state index in [0.717, 1.165) is 37.3 Å². The fraction of sp³-hybridized carbons (Fsp3) is 0.350. The quantitative estimate of drug-likeness (QED) is 0.648. The van der Waals surface area contributed by atoms with Gasteiger partial charge in [-0.15, -0.1) is 0 Å². The second kappa shape index (κ2) is 8.18. The molecule has 1 fully saturated rings. The third-order valence-electron chi connectivity index (χ3n) is 4.94. The van der Waals surface area contributed by atoms with Gasteiger partial charge < -0.3 is 10.2 Å². The number of nitro groups is 1. The number of amides is 1. The predicted molar refractivity (Wildman–Crippen MR) is 106 cm³/mol. The number of para-hydroxylation sites is 1. The summed E-state index contributed by atoms with van der Waals surface area (Å²) in [5, 5.41) is 14.0. The molecule has 142 valence electrons. The number of nitro benzene ring substituents is 1. The molecule has 0 bridgehead atoms.